The first-order chi connectivity index (χ1) is 13.4. The van der Waals surface area contributed by atoms with Gasteiger partial charge >= 0.3 is 0 Å². The molecule has 0 amide bonds. The molecular formula is C26H34O2. The third-order valence-electron chi connectivity index (χ3n) is 4.47. The van der Waals surface area contributed by atoms with Crippen LogP contribution in [0.15, 0.2) is 95.2 Å². The van der Waals surface area contributed by atoms with E-state index in [1.165, 1.54) is 17.7 Å². The van der Waals surface area contributed by atoms with Crippen LogP contribution >= 0.6 is 0 Å². The molecule has 2 nitrogen and oxygen atoms in total. The zero-order chi connectivity index (χ0) is 21.5. The second kappa shape index (κ2) is 14.3. The normalized spacial score (nSPS) is 14.8. The van der Waals surface area contributed by atoms with E-state index in [0.717, 1.165) is 30.4 Å². The molecule has 0 aromatic carbocycles. The minimum atomic E-state index is -0.211. The molecule has 0 unspecified atom stereocenters. The van der Waals surface area contributed by atoms with Crippen molar-refractivity contribution >= 4 is 12.1 Å². The number of carbonyl (C=O) groups is 2. The molecule has 0 aromatic rings. The van der Waals surface area contributed by atoms with Gasteiger partial charge in [-0.05, 0) is 44.8 Å². The van der Waals surface area contributed by atoms with Crippen LogP contribution in [0, 0.1) is 0 Å². The molecule has 150 valence electrons. The Morgan fingerprint density at radius 3 is 2.11 bits per heavy atom. The highest BCUT2D eigenvalue weighted by molar-refractivity contribution is 6.15. The van der Waals surface area contributed by atoms with Crippen LogP contribution in [0.5, 0.6) is 0 Å². The van der Waals surface area contributed by atoms with Crippen LogP contribution in [0.25, 0.3) is 0 Å². The van der Waals surface area contributed by atoms with Crippen LogP contribution in [0.3, 0.4) is 0 Å². The minimum absolute atomic E-state index is 0.211. The molecule has 0 aliphatic carbocycles. The fraction of sp³-hybridized carbons (Fsp3) is 0.308. The van der Waals surface area contributed by atoms with Gasteiger partial charge in [0.05, 0.1) is 0 Å². The minimum Gasteiger partial charge on any atom is -0.298 e. The fourth-order valence-corrected chi connectivity index (χ4v) is 2.60. The van der Waals surface area contributed by atoms with E-state index in [4.69, 9.17) is 0 Å². The number of ketones is 1. The van der Waals surface area contributed by atoms with Gasteiger partial charge in [0.25, 0.3) is 0 Å². The molecule has 0 atom stereocenters. The first-order valence-corrected chi connectivity index (χ1v) is 9.77. The van der Waals surface area contributed by atoms with Crippen molar-refractivity contribution in [3.05, 3.63) is 95.2 Å². The number of Topliss-reactive ketones (excluding diaryl/α,β-unsaturated/α-hetero) is 1. The summed E-state index contributed by atoms with van der Waals surface area (Å²) in [5.41, 5.74) is 4.50. The predicted molar refractivity (Wildman–Crippen MR) is 122 cm³/mol. The third kappa shape index (κ3) is 7.87. The van der Waals surface area contributed by atoms with Gasteiger partial charge in [-0.2, -0.15) is 0 Å². The van der Waals surface area contributed by atoms with Gasteiger partial charge in [-0.1, -0.05) is 87.6 Å². The van der Waals surface area contributed by atoms with Crippen molar-refractivity contribution in [1.82, 2.24) is 0 Å². The summed E-state index contributed by atoms with van der Waals surface area (Å²) in [5.74, 6) is -0.211. The number of hydrogen-bond acceptors (Lipinski definition) is 2. The van der Waals surface area contributed by atoms with Crippen LogP contribution in [0.1, 0.15) is 53.9 Å². The molecule has 0 aromatic heterocycles. The standard InChI is InChI=1S/C26H34O2/c1-8-13-17-23(15-9-2)21(7)16-14-18-25(20(6)10-3)26(28)24(12-5)22(11-4)19-27/h8,11-14,16-19H,4-5,9-10,15H2,1-3,6-7H3/b13-8-,18-14-,21-16+,23-17+,24-22-,25-20-. The molecule has 0 fully saturated rings. The zero-order valence-corrected chi connectivity index (χ0v) is 18.0. The predicted octanol–water partition coefficient (Wildman–Crippen LogP) is 6.95. The highest BCUT2D eigenvalue weighted by Gasteiger charge is 2.15. The molecule has 0 N–H and O–H groups in total. The van der Waals surface area contributed by atoms with Gasteiger partial charge in [-0.3, -0.25) is 9.59 Å². The summed E-state index contributed by atoms with van der Waals surface area (Å²) in [6, 6.07) is 0. The van der Waals surface area contributed by atoms with Gasteiger partial charge in [0.1, 0.15) is 0 Å². The average Bonchev–Trinajstić information content (AvgIpc) is 2.71. The lowest BCUT2D eigenvalue weighted by Gasteiger charge is -2.09. The average molecular weight is 379 g/mol. The summed E-state index contributed by atoms with van der Waals surface area (Å²) >= 11 is 0. The van der Waals surface area contributed by atoms with Gasteiger partial charge in [0.15, 0.2) is 12.1 Å². The molecule has 28 heavy (non-hydrogen) atoms. The molecule has 0 radical (unpaired) electrons. The lowest BCUT2D eigenvalue weighted by Crippen LogP contribution is -2.08. The fourth-order valence-electron chi connectivity index (χ4n) is 2.60. The Morgan fingerprint density at radius 2 is 1.64 bits per heavy atom. The molecule has 0 spiro atoms. The lowest BCUT2D eigenvalue weighted by molar-refractivity contribution is -0.112. The first kappa shape index (κ1) is 25.3. The molecule has 0 bridgehead atoms. The van der Waals surface area contributed by atoms with Gasteiger partial charge in [-0.25, -0.2) is 0 Å². The first-order valence-electron chi connectivity index (χ1n) is 9.77. The molecule has 2 heteroatoms. The summed E-state index contributed by atoms with van der Waals surface area (Å²) in [6.07, 6.45) is 18.2. The number of carbonyl (C=O) groups excluding carboxylic acids is 2. The smallest absolute Gasteiger partial charge is 0.193 e. The van der Waals surface area contributed by atoms with Crippen molar-refractivity contribution in [3.63, 3.8) is 0 Å². The number of hydrogen-bond donors (Lipinski definition) is 0. The van der Waals surface area contributed by atoms with Gasteiger partial charge < -0.3 is 0 Å². The van der Waals surface area contributed by atoms with Crippen LogP contribution in [0.2, 0.25) is 0 Å². The molecule has 0 aliphatic heterocycles. The molecule has 0 heterocycles. The number of allylic oxidation sites excluding steroid dienone is 14. The van der Waals surface area contributed by atoms with Crippen molar-refractivity contribution in [1.29, 1.82) is 0 Å². The van der Waals surface area contributed by atoms with Crippen LogP contribution < -0.4 is 0 Å². The largest absolute Gasteiger partial charge is 0.298 e. The Bertz CT molecular complexity index is 752. The van der Waals surface area contributed by atoms with Crippen molar-refractivity contribution < 1.29 is 9.59 Å². The van der Waals surface area contributed by atoms with Crippen LogP contribution in [0.4, 0.5) is 0 Å². The maximum atomic E-state index is 13.0. The second-order valence-corrected chi connectivity index (χ2v) is 6.45. The SMILES string of the molecule is C=C/C(C=O)=C(\C=C)C(=O)C(/C=C\C=C(C)\C(=C\C=C/C)CCC)=C(/C)CC. The van der Waals surface area contributed by atoms with Gasteiger partial charge in [-0.15, -0.1) is 0 Å². The Kier molecular flexibility index (Phi) is 12.9. The Labute approximate surface area is 171 Å². The number of aldehydes is 1. The van der Waals surface area contributed by atoms with Crippen LogP contribution in [-0.2, 0) is 9.59 Å². The maximum absolute atomic E-state index is 13.0. The van der Waals surface area contributed by atoms with E-state index in [-0.39, 0.29) is 16.9 Å². The third-order valence-corrected chi connectivity index (χ3v) is 4.47. The quantitative estimate of drug-likeness (QED) is 0.209. The van der Waals surface area contributed by atoms with Gasteiger partial charge in [0.2, 0.25) is 0 Å². The number of rotatable bonds is 12. The monoisotopic (exact) mass is 378 g/mol. The second-order valence-electron chi connectivity index (χ2n) is 6.45. The maximum Gasteiger partial charge on any atom is 0.193 e. The molecule has 0 saturated heterocycles. The van der Waals surface area contributed by atoms with Crippen LogP contribution in [-0.4, -0.2) is 12.1 Å². The van der Waals surface area contributed by atoms with Crippen molar-refractivity contribution in [2.24, 2.45) is 0 Å². The summed E-state index contributed by atoms with van der Waals surface area (Å²) in [6.45, 7) is 17.5. The van der Waals surface area contributed by atoms with Gasteiger partial charge in [0, 0.05) is 16.7 Å². The van der Waals surface area contributed by atoms with E-state index in [9.17, 15) is 9.59 Å². The topological polar surface area (TPSA) is 34.1 Å². The van der Waals surface area contributed by atoms with E-state index in [1.807, 2.05) is 51.2 Å². The molecule has 0 aliphatic rings. The van der Waals surface area contributed by atoms with E-state index in [0.29, 0.717) is 11.9 Å². The highest BCUT2D eigenvalue weighted by Crippen LogP contribution is 2.20. The van der Waals surface area contributed by atoms with E-state index in [1.54, 1.807) is 0 Å². The zero-order valence-electron chi connectivity index (χ0n) is 18.0. The molecular weight excluding hydrogens is 344 g/mol. The van der Waals surface area contributed by atoms with E-state index in [2.05, 4.69) is 33.1 Å². The summed E-state index contributed by atoms with van der Waals surface area (Å²) in [5, 5.41) is 0. The van der Waals surface area contributed by atoms with Crippen molar-refractivity contribution in [2.75, 3.05) is 0 Å². The molecule has 0 saturated carbocycles. The summed E-state index contributed by atoms with van der Waals surface area (Å²) < 4.78 is 0. The summed E-state index contributed by atoms with van der Waals surface area (Å²) in [4.78, 5) is 24.2. The van der Waals surface area contributed by atoms with Crippen molar-refractivity contribution in [3.8, 4) is 0 Å². The highest BCUT2D eigenvalue weighted by atomic mass is 16.1. The summed E-state index contributed by atoms with van der Waals surface area (Å²) in [7, 11) is 0. The van der Waals surface area contributed by atoms with E-state index >= 15 is 0 Å². The Balaban J connectivity index is 6.03. The van der Waals surface area contributed by atoms with E-state index < -0.39 is 0 Å². The molecule has 0 rings (SSSR count). The lowest BCUT2D eigenvalue weighted by atomic mass is 9.94. The Hall–Kier alpha value is -2.74. The van der Waals surface area contributed by atoms with Crippen molar-refractivity contribution in [2.45, 2.75) is 53.9 Å². The Morgan fingerprint density at radius 1 is 0.964 bits per heavy atom.